The van der Waals surface area contributed by atoms with E-state index in [-0.39, 0.29) is 0 Å². The fourth-order valence-corrected chi connectivity index (χ4v) is 2.37. The summed E-state index contributed by atoms with van der Waals surface area (Å²) in [7, 11) is 0. The molecule has 0 aliphatic heterocycles. The highest BCUT2D eigenvalue weighted by atomic mass is 35.5. The second kappa shape index (κ2) is 5.81. The predicted molar refractivity (Wildman–Crippen MR) is 79.6 cm³/mol. The first-order valence-corrected chi connectivity index (χ1v) is 6.83. The first-order chi connectivity index (χ1) is 8.97. The van der Waals surface area contributed by atoms with Crippen LogP contribution in [0.25, 0.3) is 0 Å². The van der Waals surface area contributed by atoms with Crippen LogP contribution in [-0.2, 0) is 0 Å². The number of halogens is 2. The lowest BCUT2D eigenvalue weighted by atomic mass is 10.0. The van der Waals surface area contributed by atoms with Gasteiger partial charge in [-0.2, -0.15) is 0 Å². The predicted octanol–water partition coefficient (Wildman–Crippen LogP) is 5.61. The molecule has 4 heteroatoms. The molecule has 0 aliphatic rings. The molecule has 0 spiro atoms. The molecule has 100 valence electrons. The number of aromatic nitrogens is 1. The van der Waals surface area contributed by atoms with Crippen LogP contribution >= 0.6 is 23.2 Å². The molecule has 19 heavy (non-hydrogen) atoms. The van der Waals surface area contributed by atoms with Crippen LogP contribution in [0.2, 0.25) is 10.2 Å². The summed E-state index contributed by atoms with van der Waals surface area (Å²) in [6.07, 6.45) is 0. The fraction of sp³-hybridized carbons (Fsp3) is 0.267. The molecular weight excluding hydrogens is 281 g/mol. The molecule has 0 unspecified atom stereocenters. The van der Waals surface area contributed by atoms with Crippen molar-refractivity contribution in [3.05, 3.63) is 51.6 Å². The molecule has 2 rings (SSSR count). The van der Waals surface area contributed by atoms with Gasteiger partial charge in [-0.05, 0) is 42.2 Å². The van der Waals surface area contributed by atoms with Gasteiger partial charge in [0.05, 0.1) is 0 Å². The van der Waals surface area contributed by atoms with E-state index in [0.29, 0.717) is 17.0 Å². The van der Waals surface area contributed by atoms with Crippen molar-refractivity contribution in [2.75, 3.05) is 0 Å². The summed E-state index contributed by atoms with van der Waals surface area (Å²) in [4.78, 5) is 4.12. The molecular formula is C15H15Cl2NO. The lowest BCUT2D eigenvalue weighted by molar-refractivity contribution is 0.458. The third-order valence-corrected chi connectivity index (χ3v) is 3.36. The summed E-state index contributed by atoms with van der Waals surface area (Å²) in [5, 5.41) is 1.17. The quantitative estimate of drug-likeness (QED) is 0.686. The molecule has 1 aromatic heterocycles. The zero-order chi connectivity index (χ0) is 14.0. The van der Waals surface area contributed by atoms with E-state index in [0.717, 1.165) is 21.9 Å². The Morgan fingerprint density at radius 2 is 1.89 bits per heavy atom. The Labute approximate surface area is 123 Å². The van der Waals surface area contributed by atoms with E-state index in [4.69, 9.17) is 27.9 Å². The lowest BCUT2D eigenvalue weighted by Gasteiger charge is -2.14. The van der Waals surface area contributed by atoms with Gasteiger partial charge in [-0.15, -0.1) is 0 Å². The molecule has 0 radical (unpaired) electrons. The van der Waals surface area contributed by atoms with Gasteiger partial charge in [-0.3, -0.25) is 0 Å². The van der Waals surface area contributed by atoms with Gasteiger partial charge in [0.2, 0.25) is 5.88 Å². The van der Waals surface area contributed by atoms with Crippen LogP contribution in [0.5, 0.6) is 11.6 Å². The number of ether oxygens (including phenoxy) is 1. The van der Waals surface area contributed by atoms with Gasteiger partial charge in [-0.1, -0.05) is 43.1 Å². The van der Waals surface area contributed by atoms with Gasteiger partial charge >= 0.3 is 0 Å². The maximum Gasteiger partial charge on any atom is 0.220 e. The molecule has 2 aromatic rings. The molecule has 0 N–H and O–H groups in total. The van der Waals surface area contributed by atoms with E-state index in [9.17, 15) is 0 Å². The number of nitrogens with zero attached hydrogens (tertiary/aromatic N) is 1. The van der Waals surface area contributed by atoms with Crippen molar-refractivity contribution in [1.82, 2.24) is 4.98 Å². The van der Waals surface area contributed by atoms with Crippen molar-refractivity contribution in [3.8, 4) is 11.6 Å². The molecule has 0 fully saturated rings. The van der Waals surface area contributed by atoms with E-state index < -0.39 is 0 Å². The molecule has 2 nitrogen and oxygen atoms in total. The zero-order valence-corrected chi connectivity index (χ0v) is 12.6. The second-order valence-corrected chi connectivity index (χ2v) is 5.49. The van der Waals surface area contributed by atoms with Gasteiger partial charge in [0.1, 0.15) is 10.9 Å². The van der Waals surface area contributed by atoms with Crippen LogP contribution in [0.15, 0.2) is 30.3 Å². The summed E-state index contributed by atoms with van der Waals surface area (Å²) in [6, 6.07) is 9.17. The normalized spacial score (nSPS) is 10.8. The van der Waals surface area contributed by atoms with Gasteiger partial charge in [-0.25, -0.2) is 4.98 Å². The first kappa shape index (κ1) is 14.2. The van der Waals surface area contributed by atoms with Crippen molar-refractivity contribution < 1.29 is 4.74 Å². The van der Waals surface area contributed by atoms with Crippen molar-refractivity contribution in [3.63, 3.8) is 0 Å². The number of pyridine rings is 1. The van der Waals surface area contributed by atoms with Crippen LogP contribution in [0.3, 0.4) is 0 Å². The SMILES string of the molecule is Cc1cc(Cl)c(C(C)C)cc1Oc1cccc(Cl)n1. The third-order valence-electron chi connectivity index (χ3n) is 2.82. The maximum absolute atomic E-state index is 6.23. The first-order valence-electron chi connectivity index (χ1n) is 6.08. The maximum atomic E-state index is 6.23. The van der Waals surface area contributed by atoms with Crippen LogP contribution in [0.4, 0.5) is 0 Å². The van der Waals surface area contributed by atoms with Crippen LogP contribution in [0.1, 0.15) is 30.9 Å². The van der Waals surface area contributed by atoms with Crippen LogP contribution in [-0.4, -0.2) is 4.98 Å². The van der Waals surface area contributed by atoms with E-state index in [1.54, 1.807) is 18.2 Å². The minimum Gasteiger partial charge on any atom is -0.439 e. The van der Waals surface area contributed by atoms with Gasteiger partial charge < -0.3 is 4.74 Å². The average molecular weight is 296 g/mol. The molecule has 0 amide bonds. The summed E-state index contributed by atoms with van der Waals surface area (Å²) in [5.74, 6) is 1.57. The zero-order valence-electron chi connectivity index (χ0n) is 11.1. The smallest absolute Gasteiger partial charge is 0.220 e. The van der Waals surface area contributed by atoms with E-state index in [1.165, 1.54) is 0 Å². The standard InChI is InChI=1S/C15H15Cl2NO/c1-9(2)11-8-13(10(3)7-12(11)16)19-15-6-4-5-14(17)18-15/h4-9H,1-3H3. The highest BCUT2D eigenvalue weighted by molar-refractivity contribution is 6.31. The minimum absolute atomic E-state index is 0.336. The van der Waals surface area contributed by atoms with Crippen molar-refractivity contribution in [2.45, 2.75) is 26.7 Å². The Bertz CT molecular complexity index is 597. The highest BCUT2D eigenvalue weighted by Gasteiger charge is 2.11. The number of rotatable bonds is 3. The largest absolute Gasteiger partial charge is 0.439 e. The van der Waals surface area contributed by atoms with E-state index >= 15 is 0 Å². The minimum atomic E-state index is 0.336. The van der Waals surface area contributed by atoms with Crippen LogP contribution in [0, 0.1) is 6.92 Å². The van der Waals surface area contributed by atoms with Gasteiger partial charge in [0.25, 0.3) is 0 Å². The number of hydrogen-bond acceptors (Lipinski definition) is 2. The molecule has 0 atom stereocenters. The summed E-state index contributed by atoms with van der Waals surface area (Å²) in [6.45, 7) is 6.14. The molecule has 1 aromatic carbocycles. The Hall–Kier alpha value is -1.25. The Kier molecular flexibility index (Phi) is 4.33. The third kappa shape index (κ3) is 3.40. The molecule has 0 aliphatic carbocycles. The molecule has 0 saturated heterocycles. The monoisotopic (exact) mass is 295 g/mol. The summed E-state index contributed by atoms with van der Waals surface area (Å²) < 4.78 is 5.78. The van der Waals surface area contributed by atoms with Crippen molar-refractivity contribution in [2.24, 2.45) is 0 Å². The Morgan fingerprint density at radius 3 is 2.53 bits per heavy atom. The van der Waals surface area contributed by atoms with E-state index in [1.807, 2.05) is 19.1 Å². The van der Waals surface area contributed by atoms with Crippen molar-refractivity contribution >= 4 is 23.2 Å². The van der Waals surface area contributed by atoms with Gasteiger partial charge in [0.15, 0.2) is 0 Å². The fourth-order valence-electron chi connectivity index (χ4n) is 1.78. The number of hydrogen-bond donors (Lipinski definition) is 0. The number of aryl methyl sites for hydroxylation is 1. The molecule has 1 heterocycles. The summed E-state index contributed by atoms with van der Waals surface area (Å²) >= 11 is 12.1. The Morgan fingerprint density at radius 1 is 1.16 bits per heavy atom. The van der Waals surface area contributed by atoms with E-state index in [2.05, 4.69) is 18.8 Å². The number of benzene rings is 1. The lowest BCUT2D eigenvalue weighted by Crippen LogP contribution is -1.95. The Balaban J connectivity index is 2.37. The molecule has 0 bridgehead atoms. The topological polar surface area (TPSA) is 22.1 Å². The van der Waals surface area contributed by atoms with Gasteiger partial charge in [0, 0.05) is 11.1 Å². The second-order valence-electron chi connectivity index (χ2n) is 4.69. The molecule has 0 saturated carbocycles. The van der Waals surface area contributed by atoms with Crippen LogP contribution < -0.4 is 4.74 Å². The summed E-state index contributed by atoms with van der Waals surface area (Å²) in [5.41, 5.74) is 2.03. The highest BCUT2D eigenvalue weighted by Crippen LogP contribution is 2.33. The average Bonchev–Trinajstić information content (AvgIpc) is 2.32. The van der Waals surface area contributed by atoms with Crippen molar-refractivity contribution in [1.29, 1.82) is 0 Å².